The Balaban J connectivity index is 2.39. The Bertz CT molecular complexity index is 136. The molecule has 3 heteroatoms. The van der Waals surface area contributed by atoms with Crippen molar-refractivity contribution in [3.05, 3.63) is 6.42 Å². The van der Waals surface area contributed by atoms with Crippen molar-refractivity contribution >= 4 is 17.6 Å². The van der Waals surface area contributed by atoms with Crippen molar-refractivity contribution < 1.29 is 9.90 Å². The normalized spacial score (nSPS) is 33.7. The van der Waals surface area contributed by atoms with Crippen LogP contribution in [0.2, 0.25) is 0 Å². The number of hydrogen-bond acceptors (Lipinski definition) is 1. The molecule has 0 amide bonds. The molecule has 1 fully saturated rings. The van der Waals surface area contributed by atoms with Crippen molar-refractivity contribution in [3.8, 4) is 0 Å². The summed E-state index contributed by atoms with van der Waals surface area (Å²) in [6.45, 7) is 0. The van der Waals surface area contributed by atoms with E-state index in [-0.39, 0.29) is 11.3 Å². The van der Waals surface area contributed by atoms with E-state index in [1.54, 1.807) is 0 Å². The average Bonchev–Trinajstić information content (AvgIpc) is 1.88. The van der Waals surface area contributed by atoms with E-state index in [9.17, 15) is 4.79 Å². The number of alkyl halides is 1. The monoisotopic (exact) mass is 161 g/mol. The van der Waals surface area contributed by atoms with Crippen LogP contribution in [0.1, 0.15) is 19.3 Å². The highest BCUT2D eigenvalue weighted by Crippen LogP contribution is 2.26. The first kappa shape index (κ1) is 7.86. The van der Waals surface area contributed by atoms with Crippen molar-refractivity contribution in [2.24, 2.45) is 5.92 Å². The first-order chi connectivity index (χ1) is 4.70. The quantitative estimate of drug-likeness (QED) is 0.595. The van der Waals surface area contributed by atoms with Gasteiger partial charge in [-0.25, -0.2) is 0 Å². The van der Waals surface area contributed by atoms with E-state index in [0.717, 1.165) is 6.42 Å². The van der Waals surface area contributed by atoms with Gasteiger partial charge in [-0.15, -0.1) is 11.6 Å². The largest absolute Gasteiger partial charge is 0.481 e. The first-order valence-electron chi connectivity index (χ1n) is 3.38. The van der Waals surface area contributed by atoms with Gasteiger partial charge in [-0.1, -0.05) is 0 Å². The number of aliphatic carboxylic acids is 1. The lowest BCUT2D eigenvalue weighted by Crippen LogP contribution is -2.22. The zero-order valence-corrected chi connectivity index (χ0v) is 6.34. The molecule has 1 aliphatic rings. The minimum absolute atomic E-state index is 0.0369. The molecule has 0 heterocycles. The molecule has 10 heavy (non-hydrogen) atoms. The molecule has 57 valence electrons. The molecule has 0 spiro atoms. The Morgan fingerprint density at radius 1 is 1.60 bits per heavy atom. The number of halogens is 1. The van der Waals surface area contributed by atoms with Crippen LogP contribution in [-0.2, 0) is 4.79 Å². The molecule has 1 aliphatic carbocycles. The SMILES string of the molecule is O=C(O)C1C[CH]CC(Cl)C1. The van der Waals surface area contributed by atoms with E-state index in [0.29, 0.717) is 12.8 Å². The minimum Gasteiger partial charge on any atom is -0.481 e. The highest BCUT2D eigenvalue weighted by Gasteiger charge is 2.25. The third-order valence-electron chi connectivity index (χ3n) is 1.76. The molecule has 1 rings (SSSR count). The Kier molecular flexibility index (Phi) is 2.55. The maximum absolute atomic E-state index is 10.4. The van der Waals surface area contributed by atoms with Gasteiger partial charge in [0, 0.05) is 5.38 Å². The van der Waals surface area contributed by atoms with Crippen LogP contribution < -0.4 is 0 Å². The summed E-state index contributed by atoms with van der Waals surface area (Å²) in [6, 6.07) is 0. The van der Waals surface area contributed by atoms with E-state index in [4.69, 9.17) is 16.7 Å². The number of carboxylic acid groups (broad SMARTS) is 1. The molecule has 2 nitrogen and oxygen atoms in total. The lowest BCUT2D eigenvalue weighted by Gasteiger charge is -2.21. The van der Waals surface area contributed by atoms with Crippen LogP contribution in [0.15, 0.2) is 0 Å². The van der Waals surface area contributed by atoms with Crippen LogP contribution in [0.3, 0.4) is 0 Å². The molecule has 1 saturated carbocycles. The fraction of sp³-hybridized carbons (Fsp3) is 0.714. The third kappa shape index (κ3) is 1.87. The van der Waals surface area contributed by atoms with Gasteiger partial charge in [0.1, 0.15) is 0 Å². The topological polar surface area (TPSA) is 37.3 Å². The summed E-state index contributed by atoms with van der Waals surface area (Å²) in [5.41, 5.74) is 0. The second kappa shape index (κ2) is 3.24. The highest BCUT2D eigenvalue weighted by atomic mass is 35.5. The lowest BCUT2D eigenvalue weighted by atomic mass is 9.89. The Morgan fingerprint density at radius 2 is 2.30 bits per heavy atom. The summed E-state index contributed by atoms with van der Waals surface area (Å²) in [5.74, 6) is -0.960. The molecular weight excluding hydrogens is 152 g/mol. The molecule has 0 saturated heterocycles. The molecular formula is C7H10ClO2. The van der Waals surface area contributed by atoms with Gasteiger partial charge in [-0.2, -0.15) is 0 Å². The molecule has 2 unspecified atom stereocenters. The lowest BCUT2D eigenvalue weighted by molar-refractivity contribution is -0.142. The second-order valence-electron chi connectivity index (χ2n) is 2.63. The first-order valence-corrected chi connectivity index (χ1v) is 3.82. The number of carboxylic acids is 1. The van der Waals surface area contributed by atoms with Gasteiger partial charge >= 0.3 is 5.97 Å². The maximum Gasteiger partial charge on any atom is 0.306 e. The van der Waals surface area contributed by atoms with Crippen molar-refractivity contribution in [1.82, 2.24) is 0 Å². The van der Waals surface area contributed by atoms with E-state index in [1.165, 1.54) is 0 Å². The van der Waals surface area contributed by atoms with Gasteiger partial charge in [0.25, 0.3) is 0 Å². The van der Waals surface area contributed by atoms with Crippen LogP contribution in [0.25, 0.3) is 0 Å². The van der Waals surface area contributed by atoms with Gasteiger partial charge in [-0.05, 0) is 25.7 Å². The predicted octanol–water partition coefficient (Wildman–Crippen LogP) is 1.68. The maximum atomic E-state index is 10.4. The summed E-state index contributed by atoms with van der Waals surface area (Å²) in [7, 11) is 0. The molecule has 1 N–H and O–H groups in total. The summed E-state index contributed by atoms with van der Waals surface area (Å²) in [6.07, 6.45) is 4.11. The van der Waals surface area contributed by atoms with E-state index in [2.05, 4.69) is 0 Å². The zero-order chi connectivity index (χ0) is 7.56. The molecule has 0 aromatic heterocycles. The summed E-state index contributed by atoms with van der Waals surface area (Å²) < 4.78 is 0. The highest BCUT2D eigenvalue weighted by molar-refractivity contribution is 6.20. The Labute approximate surface area is 65.2 Å². The van der Waals surface area contributed by atoms with Gasteiger partial charge in [-0.3, -0.25) is 4.79 Å². The summed E-state index contributed by atoms with van der Waals surface area (Å²) >= 11 is 5.76. The number of rotatable bonds is 1. The Hall–Kier alpha value is -0.240. The van der Waals surface area contributed by atoms with Crippen molar-refractivity contribution in [2.75, 3.05) is 0 Å². The molecule has 0 bridgehead atoms. The van der Waals surface area contributed by atoms with Crippen LogP contribution in [-0.4, -0.2) is 16.5 Å². The van der Waals surface area contributed by atoms with Crippen molar-refractivity contribution in [3.63, 3.8) is 0 Å². The van der Waals surface area contributed by atoms with Crippen LogP contribution >= 0.6 is 11.6 Å². The van der Waals surface area contributed by atoms with Crippen molar-refractivity contribution in [1.29, 1.82) is 0 Å². The van der Waals surface area contributed by atoms with Gasteiger partial charge < -0.3 is 5.11 Å². The standard InChI is InChI=1S/C7H10ClO2/c8-6-3-1-2-5(4-6)7(9)10/h1,5-6H,2-4H2,(H,9,10). The fourth-order valence-electron chi connectivity index (χ4n) is 1.18. The summed E-state index contributed by atoms with van der Waals surface area (Å²) in [5, 5.41) is 8.61. The Morgan fingerprint density at radius 3 is 2.70 bits per heavy atom. The average molecular weight is 162 g/mol. The van der Waals surface area contributed by atoms with Crippen LogP contribution in [0.4, 0.5) is 0 Å². The third-order valence-corrected chi connectivity index (χ3v) is 2.12. The summed E-state index contributed by atoms with van der Waals surface area (Å²) in [4.78, 5) is 10.4. The molecule has 0 aromatic rings. The van der Waals surface area contributed by atoms with Crippen LogP contribution in [0, 0.1) is 12.3 Å². The van der Waals surface area contributed by atoms with E-state index in [1.807, 2.05) is 6.42 Å². The van der Waals surface area contributed by atoms with Gasteiger partial charge in [0.05, 0.1) is 5.92 Å². The van der Waals surface area contributed by atoms with Crippen LogP contribution in [0.5, 0.6) is 0 Å². The second-order valence-corrected chi connectivity index (χ2v) is 3.25. The predicted molar refractivity (Wildman–Crippen MR) is 38.9 cm³/mol. The molecule has 0 aliphatic heterocycles. The minimum atomic E-state index is -0.721. The van der Waals surface area contributed by atoms with Crippen molar-refractivity contribution in [2.45, 2.75) is 24.6 Å². The fourth-order valence-corrected chi connectivity index (χ4v) is 1.52. The molecule has 2 atom stereocenters. The van der Waals surface area contributed by atoms with E-state index >= 15 is 0 Å². The van der Waals surface area contributed by atoms with Gasteiger partial charge in [0.2, 0.25) is 0 Å². The van der Waals surface area contributed by atoms with E-state index < -0.39 is 5.97 Å². The molecule has 0 aromatic carbocycles. The smallest absolute Gasteiger partial charge is 0.306 e. The number of hydrogen-bond donors (Lipinski definition) is 1. The zero-order valence-electron chi connectivity index (χ0n) is 5.59. The molecule has 1 radical (unpaired) electrons. The van der Waals surface area contributed by atoms with Gasteiger partial charge in [0.15, 0.2) is 0 Å². The number of carbonyl (C=O) groups is 1.